The second kappa shape index (κ2) is 13.1. The van der Waals surface area contributed by atoms with Crippen LogP contribution in [0.2, 0.25) is 0 Å². The zero-order valence-electron chi connectivity index (χ0n) is 22.7. The summed E-state index contributed by atoms with van der Waals surface area (Å²) in [6, 6.07) is 14.9. The van der Waals surface area contributed by atoms with Gasteiger partial charge in [0.05, 0.1) is 40.6 Å². The summed E-state index contributed by atoms with van der Waals surface area (Å²) in [5.74, 6) is 1.11. The van der Waals surface area contributed by atoms with Gasteiger partial charge in [0.25, 0.3) is 0 Å². The molecular formula is C30H36O10. The van der Waals surface area contributed by atoms with E-state index in [-0.39, 0.29) is 41.8 Å². The quantitative estimate of drug-likeness (QED) is 0.225. The molecule has 10 nitrogen and oxygen atoms in total. The largest absolute Gasteiger partial charge is 0.504 e. The van der Waals surface area contributed by atoms with Crippen molar-refractivity contribution in [2.45, 2.75) is 24.7 Å². The highest BCUT2D eigenvalue weighted by Gasteiger charge is 2.38. The predicted octanol–water partition coefficient (Wildman–Crippen LogP) is 3.14. The number of rotatable bonds is 12. The lowest BCUT2D eigenvalue weighted by atomic mass is 9.84. The number of phenolic OH excluding ortho intramolecular Hbond substituents is 2. The molecule has 1 heterocycles. The Hall–Kier alpha value is -3.70. The van der Waals surface area contributed by atoms with Crippen molar-refractivity contribution in [1.82, 2.24) is 0 Å². The van der Waals surface area contributed by atoms with Gasteiger partial charge in [0.2, 0.25) is 0 Å². The second-order valence-corrected chi connectivity index (χ2v) is 9.70. The topological polar surface area (TPSA) is 147 Å². The molecule has 40 heavy (non-hydrogen) atoms. The predicted molar refractivity (Wildman–Crippen MR) is 145 cm³/mol. The summed E-state index contributed by atoms with van der Waals surface area (Å²) in [5, 5.41) is 50.8. The van der Waals surface area contributed by atoms with Crippen LogP contribution in [0.15, 0.2) is 54.6 Å². The Labute approximate surface area is 232 Å². The minimum absolute atomic E-state index is 0.0164. The summed E-state index contributed by atoms with van der Waals surface area (Å²) in [7, 11) is 4.39. The number of aliphatic hydroxyl groups is 3. The molecule has 0 amide bonds. The fraction of sp³-hybridized carbons (Fsp3) is 0.400. The Morgan fingerprint density at radius 2 is 1.50 bits per heavy atom. The Morgan fingerprint density at radius 3 is 2.15 bits per heavy atom. The molecule has 1 aliphatic rings. The zero-order valence-corrected chi connectivity index (χ0v) is 22.7. The lowest BCUT2D eigenvalue weighted by Gasteiger charge is -2.25. The number of hydrogen-bond acceptors (Lipinski definition) is 10. The van der Waals surface area contributed by atoms with Crippen molar-refractivity contribution in [1.29, 1.82) is 0 Å². The molecule has 0 spiro atoms. The molecule has 216 valence electrons. The van der Waals surface area contributed by atoms with Gasteiger partial charge in [-0.1, -0.05) is 18.2 Å². The van der Waals surface area contributed by atoms with Crippen molar-refractivity contribution in [2.24, 2.45) is 11.8 Å². The van der Waals surface area contributed by atoms with Crippen LogP contribution >= 0.6 is 0 Å². The second-order valence-electron chi connectivity index (χ2n) is 9.70. The Morgan fingerprint density at radius 1 is 0.825 bits per heavy atom. The van der Waals surface area contributed by atoms with E-state index >= 15 is 0 Å². The van der Waals surface area contributed by atoms with Crippen LogP contribution in [0, 0.1) is 11.8 Å². The van der Waals surface area contributed by atoms with Crippen LogP contribution in [-0.4, -0.2) is 72.8 Å². The molecule has 10 heteroatoms. The molecule has 0 saturated carbocycles. The number of phenols is 2. The molecule has 5 atom stereocenters. The first-order valence-electron chi connectivity index (χ1n) is 12.9. The third-order valence-corrected chi connectivity index (χ3v) is 7.31. The van der Waals surface area contributed by atoms with Crippen LogP contribution in [0.5, 0.6) is 34.5 Å². The monoisotopic (exact) mass is 556 g/mol. The molecule has 3 aromatic carbocycles. The summed E-state index contributed by atoms with van der Waals surface area (Å²) < 4.78 is 27.9. The Bertz CT molecular complexity index is 1280. The molecule has 0 bridgehead atoms. The van der Waals surface area contributed by atoms with Gasteiger partial charge in [-0.15, -0.1) is 0 Å². The van der Waals surface area contributed by atoms with Gasteiger partial charge in [0.15, 0.2) is 40.6 Å². The molecule has 3 aromatic rings. The minimum Gasteiger partial charge on any atom is -0.504 e. The lowest BCUT2D eigenvalue weighted by molar-refractivity contribution is -0.000527. The van der Waals surface area contributed by atoms with Crippen molar-refractivity contribution in [3.63, 3.8) is 0 Å². The van der Waals surface area contributed by atoms with Gasteiger partial charge >= 0.3 is 0 Å². The maximum absolute atomic E-state index is 10.9. The van der Waals surface area contributed by atoms with E-state index in [1.54, 1.807) is 24.3 Å². The molecule has 5 N–H and O–H groups in total. The number of aliphatic hydroxyl groups excluding tert-OH is 3. The van der Waals surface area contributed by atoms with Crippen LogP contribution in [0.1, 0.15) is 28.9 Å². The smallest absolute Gasteiger partial charge is 0.161 e. The van der Waals surface area contributed by atoms with Crippen molar-refractivity contribution < 1.29 is 49.2 Å². The van der Waals surface area contributed by atoms with E-state index in [1.165, 1.54) is 39.5 Å². The summed E-state index contributed by atoms with van der Waals surface area (Å²) in [5.41, 5.74) is 2.16. The summed E-state index contributed by atoms with van der Waals surface area (Å²) in [4.78, 5) is 0. The highest BCUT2D eigenvalue weighted by molar-refractivity contribution is 5.45. The van der Waals surface area contributed by atoms with Crippen LogP contribution in [-0.2, 0) is 11.2 Å². The van der Waals surface area contributed by atoms with E-state index < -0.39 is 18.8 Å². The van der Waals surface area contributed by atoms with Gasteiger partial charge in [0.1, 0.15) is 6.10 Å². The number of aromatic hydroxyl groups is 2. The molecule has 0 aromatic heterocycles. The van der Waals surface area contributed by atoms with Gasteiger partial charge in [-0.05, 0) is 65.4 Å². The van der Waals surface area contributed by atoms with Gasteiger partial charge in [0, 0.05) is 12.5 Å². The van der Waals surface area contributed by atoms with Gasteiger partial charge in [-0.2, -0.15) is 0 Å². The molecule has 4 rings (SSSR count). The van der Waals surface area contributed by atoms with E-state index in [0.29, 0.717) is 35.8 Å². The molecule has 0 aliphatic carbocycles. The first-order chi connectivity index (χ1) is 19.3. The average Bonchev–Trinajstić information content (AvgIpc) is 3.38. The van der Waals surface area contributed by atoms with Gasteiger partial charge in [-0.25, -0.2) is 0 Å². The van der Waals surface area contributed by atoms with Crippen molar-refractivity contribution in [3.05, 3.63) is 71.3 Å². The van der Waals surface area contributed by atoms with E-state index in [1.807, 2.05) is 12.1 Å². The van der Waals surface area contributed by atoms with Crippen molar-refractivity contribution >= 4 is 0 Å². The lowest BCUT2D eigenvalue weighted by Crippen LogP contribution is -2.29. The molecule has 1 aliphatic heterocycles. The average molecular weight is 557 g/mol. The van der Waals surface area contributed by atoms with Crippen molar-refractivity contribution in [3.8, 4) is 34.5 Å². The summed E-state index contributed by atoms with van der Waals surface area (Å²) in [6.45, 7) is -0.111. The van der Waals surface area contributed by atoms with Crippen molar-refractivity contribution in [2.75, 3.05) is 41.2 Å². The Kier molecular flexibility index (Phi) is 9.59. The number of ether oxygens (including phenoxy) is 5. The number of benzene rings is 3. The fourth-order valence-electron chi connectivity index (χ4n) is 5.09. The maximum atomic E-state index is 10.9. The van der Waals surface area contributed by atoms with Gasteiger partial charge in [-0.3, -0.25) is 0 Å². The Balaban J connectivity index is 1.48. The first kappa shape index (κ1) is 29.3. The van der Waals surface area contributed by atoms with E-state index in [4.69, 9.17) is 23.7 Å². The minimum atomic E-state index is -1.21. The molecule has 1 saturated heterocycles. The SMILES string of the molecule is COc1cc([C@@H](O)[C@@H](CO)Oc2ccc(C[C@H]3CO[C@H](c4ccc(O)c(OC)c4)[C@H]3CO)cc2OC)ccc1O. The first-order valence-corrected chi connectivity index (χ1v) is 12.9. The molecule has 0 radical (unpaired) electrons. The molecule has 1 fully saturated rings. The van der Waals surface area contributed by atoms with E-state index in [0.717, 1.165) is 11.1 Å². The van der Waals surface area contributed by atoms with E-state index in [2.05, 4.69) is 0 Å². The molecule has 0 unspecified atom stereocenters. The van der Waals surface area contributed by atoms with Crippen LogP contribution < -0.4 is 18.9 Å². The van der Waals surface area contributed by atoms with Crippen LogP contribution in [0.3, 0.4) is 0 Å². The van der Waals surface area contributed by atoms with Crippen LogP contribution in [0.25, 0.3) is 0 Å². The normalized spacial score (nSPS) is 20.1. The number of hydrogen-bond donors (Lipinski definition) is 5. The molecular weight excluding hydrogens is 520 g/mol. The summed E-state index contributed by atoms with van der Waals surface area (Å²) in [6.07, 6.45) is -1.97. The maximum Gasteiger partial charge on any atom is 0.161 e. The number of methoxy groups -OCH3 is 3. The third kappa shape index (κ3) is 6.20. The van der Waals surface area contributed by atoms with E-state index in [9.17, 15) is 25.5 Å². The third-order valence-electron chi connectivity index (χ3n) is 7.31. The van der Waals surface area contributed by atoms with Gasteiger partial charge < -0.3 is 49.2 Å². The highest BCUT2D eigenvalue weighted by atomic mass is 16.5. The highest BCUT2D eigenvalue weighted by Crippen LogP contribution is 2.42. The van der Waals surface area contributed by atoms with Crippen LogP contribution in [0.4, 0.5) is 0 Å². The standard InChI is InChI=1S/C30H36O10/c1-36-25-12-18(5-7-22(25)33)29(35)28(15-32)40-24-9-4-17(11-27(24)38-3)10-20-16-39-30(21(20)14-31)19-6-8-23(34)26(13-19)37-2/h4-9,11-13,20-21,28-35H,10,14-16H2,1-3H3/t20-,21-,28+,29+,30+/m0/s1. The fourth-order valence-corrected chi connectivity index (χ4v) is 5.09. The zero-order chi connectivity index (χ0) is 28.8. The summed E-state index contributed by atoms with van der Waals surface area (Å²) >= 11 is 0.